The molecule has 1 heteroatoms. The zero-order valence-corrected chi connectivity index (χ0v) is 9.36. The maximum absolute atomic E-state index is 5.71. The lowest BCUT2D eigenvalue weighted by molar-refractivity contribution is 0.0480. The summed E-state index contributed by atoms with van der Waals surface area (Å²) in [5.41, 5.74) is 1.35. The SMILES string of the molecule is CC(C)COC(C)Cc1ccccc1. The third-order valence-electron chi connectivity index (χ3n) is 2.08. The van der Waals surface area contributed by atoms with E-state index in [1.807, 2.05) is 6.07 Å². The first-order valence-corrected chi connectivity index (χ1v) is 5.34. The largest absolute Gasteiger partial charge is 0.378 e. The Morgan fingerprint density at radius 1 is 1.07 bits per heavy atom. The van der Waals surface area contributed by atoms with Crippen molar-refractivity contribution >= 4 is 0 Å². The molecule has 14 heavy (non-hydrogen) atoms. The third kappa shape index (κ3) is 4.43. The maximum atomic E-state index is 5.71. The minimum absolute atomic E-state index is 0.319. The van der Waals surface area contributed by atoms with Crippen LogP contribution in [0.3, 0.4) is 0 Å². The highest BCUT2D eigenvalue weighted by Crippen LogP contribution is 2.06. The Morgan fingerprint density at radius 2 is 1.71 bits per heavy atom. The van der Waals surface area contributed by atoms with E-state index < -0.39 is 0 Å². The van der Waals surface area contributed by atoms with Crippen LogP contribution in [-0.2, 0) is 11.2 Å². The fourth-order valence-electron chi connectivity index (χ4n) is 1.36. The Bertz CT molecular complexity index is 241. The van der Waals surface area contributed by atoms with Crippen molar-refractivity contribution in [3.05, 3.63) is 35.9 Å². The van der Waals surface area contributed by atoms with Crippen molar-refractivity contribution in [1.82, 2.24) is 0 Å². The average Bonchev–Trinajstić information content (AvgIpc) is 2.16. The highest BCUT2D eigenvalue weighted by atomic mass is 16.5. The van der Waals surface area contributed by atoms with Gasteiger partial charge in [-0.2, -0.15) is 0 Å². The van der Waals surface area contributed by atoms with Gasteiger partial charge in [0.25, 0.3) is 0 Å². The molecule has 0 aliphatic carbocycles. The summed E-state index contributed by atoms with van der Waals surface area (Å²) in [6.45, 7) is 7.34. The lowest BCUT2D eigenvalue weighted by Crippen LogP contribution is -2.15. The molecule has 0 heterocycles. The molecule has 1 aromatic rings. The van der Waals surface area contributed by atoms with Gasteiger partial charge in [-0.15, -0.1) is 0 Å². The summed E-state index contributed by atoms with van der Waals surface area (Å²) in [5, 5.41) is 0. The first-order chi connectivity index (χ1) is 6.68. The summed E-state index contributed by atoms with van der Waals surface area (Å²) >= 11 is 0. The fraction of sp³-hybridized carbons (Fsp3) is 0.538. The molecular formula is C13H20O. The molecule has 0 saturated carbocycles. The molecule has 0 amide bonds. The van der Waals surface area contributed by atoms with Gasteiger partial charge in [-0.25, -0.2) is 0 Å². The van der Waals surface area contributed by atoms with Gasteiger partial charge in [0, 0.05) is 6.61 Å². The van der Waals surface area contributed by atoms with Gasteiger partial charge in [0.05, 0.1) is 6.10 Å². The molecule has 0 N–H and O–H groups in total. The average molecular weight is 192 g/mol. The van der Waals surface area contributed by atoms with Crippen molar-refractivity contribution in [3.63, 3.8) is 0 Å². The lowest BCUT2D eigenvalue weighted by Gasteiger charge is -2.14. The van der Waals surface area contributed by atoms with E-state index in [-0.39, 0.29) is 0 Å². The van der Waals surface area contributed by atoms with E-state index in [0.29, 0.717) is 12.0 Å². The zero-order valence-electron chi connectivity index (χ0n) is 9.36. The van der Waals surface area contributed by atoms with E-state index in [4.69, 9.17) is 4.74 Å². The van der Waals surface area contributed by atoms with Gasteiger partial charge in [0.2, 0.25) is 0 Å². The number of rotatable bonds is 5. The van der Waals surface area contributed by atoms with Gasteiger partial charge in [0.1, 0.15) is 0 Å². The second kappa shape index (κ2) is 5.82. The van der Waals surface area contributed by atoms with E-state index in [9.17, 15) is 0 Å². The van der Waals surface area contributed by atoms with Gasteiger partial charge in [-0.05, 0) is 24.8 Å². The summed E-state index contributed by atoms with van der Waals surface area (Å²) < 4.78 is 5.71. The molecule has 0 aromatic heterocycles. The Labute approximate surface area is 87.1 Å². The Kier molecular flexibility index (Phi) is 4.68. The van der Waals surface area contributed by atoms with Gasteiger partial charge in [0.15, 0.2) is 0 Å². The summed E-state index contributed by atoms with van der Waals surface area (Å²) in [4.78, 5) is 0. The summed E-state index contributed by atoms with van der Waals surface area (Å²) in [5.74, 6) is 0.619. The number of hydrogen-bond donors (Lipinski definition) is 0. The van der Waals surface area contributed by atoms with Crippen LogP contribution in [0, 0.1) is 5.92 Å². The molecule has 1 unspecified atom stereocenters. The van der Waals surface area contributed by atoms with Gasteiger partial charge in [-0.3, -0.25) is 0 Å². The number of benzene rings is 1. The molecule has 0 radical (unpaired) electrons. The standard InChI is InChI=1S/C13H20O/c1-11(2)10-14-12(3)9-13-7-5-4-6-8-13/h4-8,11-12H,9-10H2,1-3H3. The van der Waals surface area contributed by atoms with Crippen LogP contribution in [0.4, 0.5) is 0 Å². The minimum atomic E-state index is 0.319. The van der Waals surface area contributed by atoms with Crippen molar-refractivity contribution in [2.75, 3.05) is 6.61 Å². The topological polar surface area (TPSA) is 9.23 Å². The van der Waals surface area contributed by atoms with Gasteiger partial charge >= 0.3 is 0 Å². The molecule has 0 saturated heterocycles. The van der Waals surface area contributed by atoms with Crippen LogP contribution < -0.4 is 0 Å². The maximum Gasteiger partial charge on any atom is 0.0587 e. The van der Waals surface area contributed by atoms with Crippen LogP contribution in [0.5, 0.6) is 0 Å². The molecule has 0 spiro atoms. The van der Waals surface area contributed by atoms with Crippen molar-refractivity contribution in [3.8, 4) is 0 Å². The minimum Gasteiger partial charge on any atom is -0.378 e. The third-order valence-corrected chi connectivity index (χ3v) is 2.08. The molecule has 78 valence electrons. The van der Waals surface area contributed by atoms with Crippen molar-refractivity contribution < 1.29 is 4.74 Å². The van der Waals surface area contributed by atoms with Crippen LogP contribution >= 0.6 is 0 Å². The normalized spacial score (nSPS) is 13.1. The highest BCUT2D eigenvalue weighted by Gasteiger charge is 2.04. The van der Waals surface area contributed by atoms with Crippen LogP contribution in [0.2, 0.25) is 0 Å². The van der Waals surface area contributed by atoms with E-state index >= 15 is 0 Å². The molecule has 0 aliphatic heterocycles. The first-order valence-electron chi connectivity index (χ1n) is 5.34. The van der Waals surface area contributed by atoms with E-state index in [1.54, 1.807) is 0 Å². The number of ether oxygens (including phenoxy) is 1. The van der Waals surface area contributed by atoms with Crippen LogP contribution in [0.15, 0.2) is 30.3 Å². The number of hydrogen-bond acceptors (Lipinski definition) is 1. The van der Waals surface area contributed by atoms with Gasteiger partial charge < -0.3 is 4.74 Å². The summed E-state index contributed by atoms with van der Waals surface area (Å²) in [6.07, 6.45) is 1.33. The van der Waals surface area contributed by atoms with Gasteiger partial charge in [-0.1, -0.05) is 44.2 Å². The highest BCUT2D eigenvalue weighted by molar-refractivity contribution is 5.15. The Hall–Kier alpha value is -0.820. The molecule has 1 aromatic carbocycles. The zero-order chi connectivity index (χ0) is 10.4. The lowest BCUT2D eigenvalue weighted by atomic mass is 10.1. The molecule has 0 bridgehead atoms. The Balaban J connectivity index is 2.30. The van der Waals surface area contributed by atoms with Crippen molar-refractivity contribution in [1.29, 1.82) is 0 Å². The molecule has 1 atom stereocenters. The van der Waals surface area contributed by atoms with E-state index in [0.717, 1.165) is 13.0 Å². The summed E-state index contributed by atoms with van der Waals surface area (Å²) in [7, 11) is 0. The van der Waals surface area contributed by atoms with Crippen molar-refractivity contribution in [2.45, 2.75) is 33.3 Å². The quantitative estimate of drug-likeness (QED) is 0.695. The van der Waals surface area contributed by atoms with Crippen LogP contribution in [0.25, 0.3) is 0 Å². The second-order valence-corrected chi connectivity index (χ2v) is 4.23. The molecule has 1 nitrogen and oxygen atoms in total. The predicted molar refractivity (Wildman–Crippen MR) is 60.4 cm³/mol. The molecule has 1 rings (SSSR count). The van der Waals surface area contributed by atoms with E-state index in [2.05, 4.69) is 45.0 Å². The van der Waals surface area contributed by atoms with Crippen LogP contribution in [0.1, 0.15) is 26.3 Å². The Morgan fingerprint density at radius 3 is 2.29 bits per heavy atom. The molecule has 0 aliphatic rings. The molecular weight excluding hydrogens is 172 g/mol. The van der Waals surface area contributed by atoms with E-state index in [1.165, 1.54) is 5.56 Å². The summed E-state index contributed by atoms with van der Waals surface area (Å²) in [6, 6.07) is 10.5. The monoisotopic (exact) mass is 192 g/mol. The first kappa shape index (κ1) is 11.3. The fourth-order valence-corrected chi connectivity index (χ4v) is 1.36. The van der Waals surface area contributed by atoms with Crippen LogP contribution in [-0.4, -0.2) is 12.7 Å². The van der Waals surface area contributed by atoms with Crippen molar-refractivity contribution in [2.24, 2.45) is 5.92 Å². The molecule has 0 fully saturated rings. The smallest absolute Gasteiger partial charge is 0.0587 e. The second-order valence-electron chi connectivity index (χ2n) is 4.23. The predicted octanol–water partition coefficient (Wildman–Crippen LogP) is 3.29.